The Morgan fingerprint density at radius 1 is 1.29 bits per heavy atom. The van der Waals surface area contributed by atoms with Gasteiger partial charge in [-0.05, 0) is 12.1 Å². The van der Waals surface area contributed by atoms with E-state index in [9.17, 15) is 0 Å². The topological polar surface area (TPSA) is 51.8 Å². The van der Waals surface area contributed by atoms with Gasteiger partial charge in [0.2, 0.25) is 0 Å². The van der Waals surface area contributed by atoms with Crippen LogP contribution in [0.1, 0.15) is 12.7 Å². The number of hydrogen-bond acceptors (Lipinski definition) is 4. The molecule has 0 fully saturated rings. The van der Waals surface area contributed by atoms with Crippen molar-refractivity contribution in [2.75, 3.05) is 5.73 Å². The summed E-state index contributed by atoms with van der Waals surface area (Å²) in [4.78, 5) is 9.51. The minimum atomic E-state index is 0.492. The second-order valence-corrected chi connectivity index (χ2v) is 4.90. The molecule has 3 nitrogen and oxygen atoms in total. The Bertz CT molecular complexity index is 531. The van der Waals surface area contributed by atoms with Crippen LogP contribution in [0.4, 0.5) is 5.82 Å². The molecule has 0 atom stereocenters. The Labute approximate surface area is 109 Å². The molecule has 0 unspecified atom stereocenters. The van der Waals surface area contributed by atoms with Crippen molar-refractivity contribution in [3.8, 4) is 0 Å². The fourth-order valence-electron chi connectivity index (χ4n) is 1.34. The number of aryl methyl sites for hydroxylation is 1. The Kier molecular flexibility index (Phi) is 3.86. The molecule has 0 radical (unpaired) electrons. The smallest absolute Gasteiger partial charge is 0.131 e. The predicted octanol–water partition coefficient (Wildman–Crippen LogP) is 3.43. The summed E-state index contributed by atoms with van der Waals surface area (Å²) in [5, 5.41) is 1.54. The maximum absolute atomic E-state index is 6.09. The van der Waals surface area contributed by atoms with Gasteiger partial charge < -0.3 is 5.73 Å². The van der Waals surface area contributed by atoms with Crippen LogP contribution < -0.4 is 5.73 Å². The van der Waals surface area contributed by atoms with Gasteiger partial charge in [-0.3, -0.25) is 0 Å². The van der Waals surface area contributed by atoms with Crippen molar-refractivity contribution in [1.29, 1.82) is 0 Å². The van der Waals surface area contributed by atoms with Crippen LogP contribution in [0.5, 0.6) is 0 Å². The lowest BCUT2D eigenvalue weighted by atomic mass is 10.4. The molecular weight excluding hydrogens is 254 g/mol. The zero-order valence-corrected chi connectivity index (χ0v) is 10.9. The maximum Gasteiger partial charge on any atom is 0.131 e. The van der Waals surface area contributed by atoms with Gasteiger partial charge in [0.05, 0.1) is 5.02 Å². The number of nitrogens with zero attached hydrogens (tertiary/aromatic N) is 2. The highest BCUT2D eigenvalue weighted by Gasteiger charge is 2.05. The molecule has 0 aliphatic carbocycles. The van der Waals surface area contributed by atoms with Crippen LogP contribution in [0.15, 0.2) is 40.3 Å². The van der Waals surface area contributed by atoms with E-state index >= 15 is 0 Å². The lowest BCUT2D eigenvalue weighted by molar-refractivity contribution is 0.894. The first-order valence-corrected chi connectivity index (χ1v) is 6.44. The number of aromatic nitrogens is 2. The van der Waals surface area contributed by atoms with Gasteiger partial charge in [-0.25, -0.2) is 9.97 Å². The van der Waals surface area contributed by atoms with Crippen molar-refractivity contribution in [2.24, 2.45) is 0 Å². The molecule has 0 aliphatic heterocycles. The molecule has 0 saturated carbocycles. The van der Waals surface area contributed by atoms with Crippen LogP contribution in [0, 0.1) is 0 Å². The van der Waals surface area contributed by atoms with Crippen molar-refractivity contribution < 1.29 is 0 Å². The highest BCUT2D eigenvalue weighted by Crippen LogP contribution is 2.32. The Hall–Kier alpha value is -1.26. The fraction of sp³-hybridized carbons (Fsp3) is 0.167. The zero-order valence-electron chi connectivity index (χ0n) is 9.35. The van der Waals surface area contributed by atoms with Gasteiger partial charge in [-0.1, -0.05) is 42.4 Å². The first kappa shape index (κ1) is 12.2. The van der Waals surface area contributed by atoms with Gasteiger partial charge in [0.25, 0.3) is 0 Å². The van der Waals surface area contributed by atoms with E-state index in [2.05, 4.69) is 9.97 Å². The number of anilines is 1. The van der Waals surface area contributed by atoms with Crippen molar-refractivity contribution in [3.63, 3.8) is 0 Å². The summed E-state index contributed by atoms with van der Waals surface area (Å²) in [6.45, 7) is 2.00. The summed E-state index contributed by atoms with van der Waals surface area (Å²) in [7, 11) is 0. The lowest BCUT2D eigenvalue weighted by Crippen LogP contribution is -1.99. The number of hydrogen-bond donors (Lipinski definition) is 1. The van der Waals surface area contributed by atoms with E-state index in [1.807, 2.05) is 31.2 Å². The summed E-state index contributed by atoms with van der Waals surface area (Å²) < 4.78 is 0. The van der Waals surface area contributed by atoms with Crippen LogP contribution in [0.25, 0.3) is 0 Å². The molecule has 0 aliphatic rings. The van der Waals surface area contributed by atoms with Crippen LogP contribution >= 0.6 is 23.4 Å². The van der Waals surface area contributed by atoms with Crippen molar-refractivity contribution in [3.05, 3.63) is 41.2 Å². The van der Waals surface area contributed by atoms with Crippen molar-refractivity contribution >= 4 is 29.2 Å². The zero-order chi connectivity index (χ0) is 12.3. The summed E-state index contributed by atoms with van der Waals surface area (Å²) >= 11 is 7.59. The number of halogens is 1. The molecular formula is C12H12ClN3S. The highest BCUT2D eigenvalue weighted by molar-refractivity contribution is 7.99. The molecule has 2 rings (SSSR count). The van der Waals surface area contributed by atoms with Crippen molar-refractivity contribution in [1.82, 2.24) is 9.97 Å². The van der Waals surface area contributed by atoms with Gasteiger partial charge in [0, 0.05) is 17.4 Å². The van der Waals surface area contributed by atoms with Gasteiger partial charge in [0.1, 0.15) is 16.7 Å². The Balaban J connectivity index is 2.30. The molecule has 88 valence electrons. The van der Waals surface area contributed by atoms with E-state index in [0.29, 0.717) is 10.8 Å². The third kappa shape index (κ3) is 3.11. The Morgan fingerprint density at radius 3 is 2.76 bits per heavy atom. The normalized spacial score (nSPS) is 10.5. The standard InChI is InChI=1S/C12H12ClN3S/c1-2-11-15-10(14)7-12(16-11)17-9-6-4-3-5-8(9)13/h3-7H,2H2,1H3,(H2,14,15,16). The van der Waals surface area contributed by atoms with Gasteiger partial charge >= 0.3 is 0 Å². The Morgan fingerprint density at radius 2 is 2.06 bits per heavy atom. The first-order chi connectivity index (χ1) is 8.19. The molecule has 17 heavy (non-hydrogen) atoms. The lowest BCUT2D eigenvalue weighted by Gasteiger charge is -2.05. The molecule has 2 aromatic rings. The molecule has 5 heteroatoms. The monoisotopic (exact) mass is 265 g/mol. The summed E-state index contributed by atoms with van der Waals surface area (Å²) in [6, 6.07) is 9.41. The van der Waals surface area contributed by atoms with E-state index in [-0.39, 0.29) is 0 Å². The third-order valence-electron chi connectivity index (χ3n) is 2.14. The molecule has 2 N–H and O–H groups in total. The van der Waals surface area contributed by atoms with E-state index in [1.54, 1.807) is 6.07 Å². The average molecular weight is 266 g/mol. The fourth-order valence-corrected chi connectivity index (χ4v) is 2.46. The van der Waals surface area contributed by atoms with Crippen molar-refractivity contribution in [2.45, 2.75) is 23.3 Å². The maximum atomic E-state index is 6.09. The quantitative estimate of drug-likeness (QED) is 0.864. The van der Waals surface area contributed by atoms with E-state index in [0.717, 1.165) is 22.2 Å². The summed E-state index contributed by atoms with van der Waals surface area (Å²) in [6.07, 6.45) is 0.765. The molecule has 1 aromatic heterocycles. The number of nitrogens with two attached hydrogens (primary N) is 1. The first-order valence-electron chi connectivity index (χ1n) is 5.25. The minimum Gasteiger partial charge on any atom is -0.384 e. The average Bonchev–Trinajstić information content (AvgIpc) is 2.31. The number of nitrogen functional groups attached to an aromatic ring is 1. The molecule has 1 aromatic carbocycles. The molecule has 0 amide bonds. The molecule has 0 saturated heterocycles. The van der Waals surface area contributed by atoms with E-state index in [4.69, 9.17) is 17.3 Å². The third-order valence-corrected chi connectivity index (χ3v) is 3.57. The van der Waals surface area contributed by atoms with Gasteiger partial charge in [0.15, 0.2) is 0 Å². The van der Waals surface area contributed by atoms with Crippen LogP contribution in [-0.2, 0) is 6.42 Å². The minimum absolute atomic E-state index is 0.492. The second kappa shape index (κ2) is 5.38. The highest BCUT2D eigenvalue weighted by atomic mass is 35.5. The number of rotatable bonds is 3. The van der Waals surface area contributed by atoms with E-state index < -0.39 is 0 Å². The predicted molar refractivity (Wildman–Crippen MR) is 71.4 cm³/mol. The molecule has 0 bridgehead atoms. The van der Waals surface area contributed by atoms with Gasteiger partial charge in [-0.15, -0.1) is 0 Å². The summed E-state index contributed by atoms with van der Waals surface area (Å²) in [5.74, 6) is 1.24. The van der Waals surface area contributed by atoms with E-state index in [1.165, 1.54) is 11.8 Å². The van der Waals surface area contributed by atoms with Crippen LogP contribution in [-0.4, -0.2) is 9.97 Å². The largest absolute Gasteiger partial charge is 0.384 e. The number of benzene rings is 1. The summed E-state index contributed by atoms with van der Waals surface area (Å²) in [5.41, 5.74) is 5.73. The van der Waals surface area contributed by atoms with Gasteiger partial charge in [-0.2, -0.15) is 0 Å². The second-order valence-electron chi connectivity index (χ2n) is 3.43. The van der Waals surface area contributed by atoms with Crippen LogP contribution in [0.3, 0.4) is 0 Å². The van der Waals surface area contributed by atoms with Crippen LogP contribution in [0.2, 0.25) is 5.02 Å². The molecule has 0 spiro atoms. The SMILES string of the molecule is CCc1nc(N)cc(Sc2ccccc2Cl)n1. The molecule has 1 heterocycles.